The van der Waals surface area contributed by atoms with Crippen molar-refractivity contribution in [1.29, 1.82) is 0 Å². The Morgan fingerprint density at radius 2 is 1.79 bits per heavy atom. The summed E-state index contributed by atoms with van der Waals surface area (Å²) < 4.78 is 5.30. The topological polar surface area (TPSA) is 32.8 Å². The quantitative estimate of drug-likeness (QED) is 0.852. The number of carbonyl (C=O) groups excluding carboxylic acids is 1. The first kappa shape index (κ1) is 16.7. The molecule has 2 aromatic rings. The highest BCUT2D eigenvalue weighted by Gasteiger charge is 2.25. The molecule has 3 rings (SSSR count). The van der Waals surface area contributed by atoms with Crippen LogP contribution < -0.4 is 9.64 Å². The Kier molecular flexibility index (Phi) is 4.95. The fourth-order valence-electron chi connectivity index (χ4n) is 3.09. The Hall–Kier alpha value is -2.20. The Bertz CT molecular complexity index is 740. The van der Waals surface area contributed by atoms with Crippen LogP contribution >= 0.6 is 11.6 Å². The van der Waals surface area contributed by atoms with E-state index in [1.165, 1.54) is 11.3 Å². The van der Waals surface area contributed by atoms with Crippen LogP contribution in [0, 0.1) is 6.92 Å². The Labute approximate surface area is 147 Å². The van der Waals surface area contributed by atoms with E-state index in [9.17, 15) is 4.79 Å². The van der Waals surface area contributed by atoms with Gasteiger partial charge in [0.2, 0.25) is 0 Å². The van der Waals surface area contributed by atoms with Crippen LogP contribution in [0.1, 0.15) is 15.9 Å². The lowest BCUT2D eigenvalue weighted by Gasteiger charge is -2.37. The molecule has 4 nitrogen and oxygen atoms in total. The van der Waals surface area contributed by atoms with Crippen molar-refractivity contribution in [3.05, 3.63) is 58.6 Å². The highest BCUT2D eigenvalue weighted by atomic mass is 35.5. The molecule has 0 saturated carbocycles. The molecule has 1 saturated heterocycles. The maximum absolute atomic E-state index is 12.8. The van der Waals surface area contributed by atoms with E-state index in [4.69, 9.17) is 16.3 Å². The molecule has 0 N–H and O–H groups in total. The van der Waals surface area contributed by atoms with Gasteiger partial charge in [-0.05, 0) is 36.8 Å². The predicted molar refractivity (Wildman–Crippen MR) is 97.3 cm³/mol. The van der Waals surface area contributed by atoms with E-state index >= 15 is 0 Å². The monoisotopic (exact) mass is 344 g/mol. The minimum atomic E-state index is -0.0289. The predicted octanol–water partition coefficient (Wildman–Crippen LogP) is 3.62. The molecule has 2 aromatic carbocycles. The van der Waals surface area contributed by atoms with E-state index < -0.39 is 0 Å². The van der Waals surface area contributed by atoms with Gasteiger partial charge < -0.3 is 14.5 Å². The van der Waals surface area contributed by atoms with Crippen LogP contribution in [0.5, 0.6) is 5.75 Å². The largest absolute Gasteiger partial charge is 0.496 e. The molecule has 1 aliphatic heterocycles. The number of piperazine rings is 1. The minimum absolute atomic E-state index is 0.0289. The molecule has 126 valence electrons. The van der Waals surface area contributed by atoms with E-state index in [0.717, 1.165) is 13.1 Å². The third-order valence-corrected chi connectivity index (χ3v) is 4.65. The molecule has 1 fully saturated rings. The van der Waals surface area contributed by atoms with Crippen molar-refractivity contribution in [1.82, 2.24) is 4.90 Å². The first-order valence-electron chi connectivity index (χ1n) is 8.03. The van der Waals surface area contributed by atoms with Gasteiger partial charge in [0.15, 0.2) is 0 Å². The van der Waals surface area contributed by atoms with Crippen LogP contribution in [0.3, 0.4) is 0 Å². The number of amides is 1. The number of anilines is 1. The number of hydrogen-bond donors (Lipinski definition) is 0. The average Bonchev–Trinajstić information content (AvgIpc) is 2.62. The number of hydrogen-bond acceptors (Lipinski definition) is 3. The maximum atomic E-state index is 12.8. The summed E-state index contributed by atoms with van der Waals surface area (Å²) in [6.07, 6.45) is 0. The van der Waals surface area contributed by atoms with Crippen molar-refractivity contribution in [2.45, 2.75) is 6.92 Å². The highest BCUT2D eigenvalue weighted by Crippen LogP contribution is 2.26. The molecule has 0 atom stereocenters. The normalized spacial score (nSPS) is 14.6. The summed E-state index contributed by atoms with van der Waals surface area (Å²) in [7, 11) is 1.57. The zero-order valence-electron chi connectivity index (χ0n) is 14.0. The number of para-hydroxylation sites is 1. The second-order valence-corrected chi connectivity index (χ2v) is 6.35. The average molecular weight is 345 g/mol. The van der Waals surface area contributed by atoms with Crippen molar-refractivity contribution in [2.24, 2.45) is 0 Å². The van der Waals surface area contributed by atoms with Gasteiger partial charge in [0.25, 0.3) is 5.91 Å². The second kappa shape index (κ2) is 7.14. The van der Waals surface area contributed by atoms with Gasteiger partial charge in [-0.15, -0.1) is 0 Å². The molecule has 0 unspecified atom stereocenters. The van der Waals surface area contributed by atoms with Gasteiger partial charge in [-0.2, -0.15) is 0 Å². The van der Waals surface area contributed by atoms with Gasteiger partial charge in [-0.25, -0.2) is 0 Å². The van der Waals surface area contributed by atoms with Crippen LogP contribution in [0.15, 0.2) is 42.5 Å². The number of aryl methyl sites for hydroxylation is 1. The van der Waals surface area contributed by atoms with Crippen molar-refractivity contribution in [3.63, 3.8) is 0 Å². The van der Waals surface area contributed by atoms with Gasteiger partial charge >= 0.3 is 0 Å². The van der Waals surface area contributed by atoms with Gasteiger partial charge in [0.1, 0.15) is 5.75 Å². The first-order valence-corrected chi connectivity index (χ1v) is 8.41. The van der Waals surface area contributed by atoms with Gasteiger partial charge in [-0.1, -0.05) is 29.8 Å². The minimum Gasteiger partial charge on any atom is -0.496 e. The molecular formula is C19H21ClN2O2. The van der Waals surface area contributed by atoms with Crippen molar-refractivity contribution in [2.75, 3.05) is 38.2 Å². The maximum Gasteiger partial charge on any atom is 0.257 e. The van der Waals surface area contributed by atoms with E-state index in [1.54, 1.807) is 25.3 Å². The molecule has 1 amide bonds. The molecule has 24 heavy (non-hydrogen) atoms. The van der Waals surface area contributed by atoms with E-state index in [0.29, 0.717) is 29.4 Å². The lowest BCUT2D eigenvalue weighted by atomic mass is 10.1. The number of carbonyl (C=O) groups is 1. The lowest BCUT2D eigenvalue weighted by molar-refractivity contribution is 0.0743. The molecule has 1 heterocycles. The summed E-state index contributed by atoms with van der Waals surface area (Å²) in [5, 5.41) is 0.540. The van der Waals surface area contributed by atoms with Crippen LogP contribution in [0.2, 0.25) is 5.02 Å². The lowest BCUT2D eigenvalue weighted by Crippen LogP contribution is -2.49. The van der Waals surface area contributed by atoms with E-state index in [-0.39, 0.29) is 5.91 Å². The van der Waals surface area contributed by atoms with Crippen LogP contribution in [-0.2, 0) is 0 Å². The number of nitrogens with zero attached hydrogens (tertiary/aromatic N) is 2. The van der Waals surface area contributed by atoms with Gasteiger partial charge in [0, 0.05) is 36.9 Å². The summed E-state index contributed by atoms with van der Waals surface area (Å²) in [6, 6.07) is 13.5. The molecule has 0 bridgehead atoms. The van der Waals surface area contributed by atoms with Gasteiger partial charge in [-0.3, -0.25) is 4.79 Å². The standard InChI is InChI=1S/C19H21ClN2O2/c1-14-5-3-4-6-17(14)21-9-11-22(12-10-21)19(23)16-13-15(20)7-8-18(16)24-2/h3-8,13H,9-12H2,1-2H3. The third kappa shape index (κ3) is 3.34. The number of rotatable bonds is 3. The zero-order chi connectivity index (χ0) is 17.1. The fraction of sp³-hybridized carbons (Fsp3) is 0.316. The number of ether oxygens (including phenoxy) is 1. The Morgan fingerprint density at radius 3 is 2.46 bits per heavy atom. The van der Waals surface area contributed by atoms with E-state index in [1.807, 2.05) is 11.0 Å². The third-order valence-electron chi connectivity index (χ3n) is 4.41. The summed E-state index contributed by atoms with van der Waals surface area (Å²) in [4.78, 5) is 17.0. The molecular weight excluding hydrogens is 324 g/mol. The molecule has 0 aliphatic carbocycles. The number of benzene rings is 2. The van der Waals surface area contributed by atoms with Crippen molar-refractivity contribution >= 4 is 23.2 Å². The Balaban J connectivity index is 1.72. The van der Waals surface area contributed by atoms with Crippen molar-refractivity contribution in [3.8, 4) is 5.75 Å². The molecule has 0 radical (unpaired) electrons. The molecule has 1 aliphatic rings. The summed E-state index contributed by atoms with van der Waals surface area (Å²) >= 11 is 6.04. The molecule has 0 spiro atoms. The number of halogens is 1. The van der Waals surface area contributed by atoms with Crippen LogP contribution in [-0.4, -0.2) is 44.1 Å². The smallest absolute Gasteiger partial charge is 0.257 e. The summed E-state index contributed by atoms with van der Waals surface area (Å²) in [5.41, 5.74) is 3.02. The van der Waals surface area contributed by atoms with Crippen LogP contribution in [0.25, 0.3) is 0 Å². The molecule has 0 aromatic heterocycles. The fourth-order valence-corrected chi connectivity index (χ4v) is 3.26. The zero-order valence-corrected chi connectivity index (χ0v) is 14.7. The Morgan fingerprint density at radius 1 is 1.08 bits per heavy atom. The molecule has 5 heteroatoms. The number of methoxy groups -OCH3 is 1. The second-order valence-electron chi connectivity index (χ2n) is 5.91. The van der Waals surface area contributed by atoms with E-state index in [2.05, 4.69) is 30.0 Å². The van der Waals surface area contributed by atoms with Gasteiger partial charge in [0.05, 0.1) is 12.7 Å². The summed E-state index contributed by atoms with van der Waals surface area (Å²) in [6.45, 7) is 5.12. The highest BCUT2D eigenvalue weighted by molar-refractivity contribution is 6.31. The van der Waals surface area contributed by atoms with Crippen molar-refractivity contribution < 1.29 is 9.53 Å². The first-order chi connectivity index (χ1) is 11.6. The van der Waals surface area contributed by atoms with Crippen LogP contribution in [0.4, 0.5) is 5.69 Å². The SMILES string of the molecule is COc1ccc(Cl)cc1C(=O)N1CCN(c2ccccc2C)CC1. The summed E-state index contributed by atoms with van der Waals surface area (Å²) in [5.74, 6) is 0.532.